The van der Waals surface area contributed by atoms with Crippen LogP contribution in [0, 0.1) is 0 Å². The minimum atomic E-state index is -1.24. The lowest BCUT2D eigenvalue weighted by Crippen LogP contribution is -2.47. The van der Waals surface area contributed by atoms with Crippen LogP contribution in [0.2, 0.25) is 0 Å². The number of hydrogen-bond donors (Lipinski definition) is 1. The van der Waals surface area contributed by atoms with Gasteiger partial charge in [-0.25, -0.2) is 4.39 Å². The van der Waals surface area contributed by atoms with Crippen LogP contribution in [0.15, 0.2) is 67.3 Å². The molecule has 1 fully saturated rings. The van der Waals surface area contributed by atoms with E-state index in [9.17, 15) is 14.0 Å². The number of aromatic nitrogens is 3. The van der Waals surface area contributed by atoms with Gasteiger partial charge in [-0.2, -0.15) is 0 Å². The van der Waals surface area contributed by atoms with E-state index in [-0.39, 0.29) is 31.3 Å². The van der Waals surface area contributed by atoms with Crippen LogP contribution >= 0.6 is 0 Å². The number of hydrogen-bond acceptors (Lipinski definition) is 4. The fraction of sp³-hybridized carbons (Fsp3) is 0.360. The number of halogens is 1. The van der Waals surface area contributed by atoms with Gasteiger partial charge in [0.05, 0.1) is 12.6 Å². The number of amides is 2. The second kappa shape index (κ2) is 9.94. The lowest BCUT2D eigenvalue weighted by Gasteiger charge is -2.27. The lowest BCUT2D eigenvalue weighted by atomic mass is 9.95. The highest BCUT2D eigenvalue weighted by atomic mass is 19.1. The highest BCUT2D eigenvalue weighted by Crippen LogP contribution is 2.27. The Labute approximate surface area is 192 Å². The molecule has 7 nitrogen and oxygen atoms in total. The Bertz CT molecular complexity index is 1070. The summed E-state index contributed by atoms with van der Waals surface area (Å²) < 4.78 is 15.8. The number of likely N-dealkylation sites (tertiary alicyclic amines) is 1. The van der Waals surface area contributed by atoms with Crippen LogP contribution in [0.4, 0.5) is 4.39 Å². The monoisotopic (exact) mass is 449 g/mol. The summed E-state index contributed by atoms with van der Waals surface area (Å²) in [4.78, 5) is 27.5. The van der Waals surface area contributed by atoms with E-state index in [2.05, 4.69) is 41.5 Å². The number of rotatable bonds is 7. The van der Waals surface area contributed by atoms with Crippen molar-refractivity contribution in [3.63, 3.8) is 0 Å². The van der Waals surface area contributed by atoms with Gasteiger partial charge in [0, 0.05) is 6.42 Å². The van der Waals surface area contributed by atoms with E-state index in [0.29, 0.717) is 5.92 Å². The van der Waals surface area contributed by atoms with Gasteiger partial charge in [-0.3, -0.25) is 9.59 Å². The largest absolute Gasteiger partial charge is 0.343 e. The average Bonchev–Trinajstić information content (AvgIpc) is 3.47. The molecule has 1 aromatic heterocycles. The second-order valence-electron chi connectivity index (χ2n) is 8.70. The molecule has 172 valence electrons. The van der Waals surface area contributed by atoms with Crippen molar-refractivity contribution >= 4 is 11.8 Å². The second-order valence-corrected chi connectivity index (χ2v) is 8.70. The minimum Gasteiger partial charge on any atom is -0.343 e. The molecule has 1 N–H and O–H groups in total. The highest BCUT2D eigenvalue weighted by molar-refractivity contribution is 5.88. The molecule has 0 bridgehead atoms. The van der Waals surface area contributed by atoms with E-state index in [1.54, 1.807) is 0 Å². The zero-order valence-electron chi connectivity index (χ0n) is 18.8. The van der Waals surface area contributed by atoms with Gasteiger partial charge in [-0.05, 0) is 22.6 Å². The van der Waals surface area contributed by atoms with Crippen molar-refractivity contribution in [3.8, 4) is 0 Å². The van der Waals surface area contributed by atoms with E-state index in [1.807, 2.05) is 42.5 Å². The molecule has 0 aliphatic carbocycles. The first kappa shape index (κ1) is 22.6. The highest BCUT2D eigenvalue weighted by Gasteiger charge is 2.40. The number of carbonyl (C=O) groups is 2. The Morgan fingerprint density at radius 3 is 2.24 bits per heavy atom. The third kappa shape index (κ3) is 5.27. The normalized spacial score (nSPS) is 19.0. The van der Waals surface area contributed by atoms with Gasteiger partial charge in [0.25, 0.3) is 0 Å². The van der Waals surface area contributed by atoms with Crippen molar-refractivity contribution in [3.05, 3.63) is 83.9 Å². The smallest absolute Gasteiger partial charge is 0.243 e. The number of nitrogens with zero attached hydrogens (tertiary/aromatic N) is 4. The van der Waals surface area contributed by atoms with Gasteiger partial charge in [-0.15, -0.1) is 10.2 Å². The summed E-state index contributed by atoms with van der Waals surface area (Å²) in [5.74, 6) is -0.309. The van der Waals surface area contributed by atoms with E-state index >= 15 is 0 Å². The van der Waals surface area contributed by atoms with Crippen LogP contribution in [0.3, 0.4) is 0 Å². The molecule has 1 aliphatic rings. The van der Waals surface area contributed by atoms with Gasteiger partial charge in [0.2, 0.25) is 11.8 Å². The SMILES string of the molecule is CC(C)c1ccc(C(NC(=O)C2CC(F)CN2C(=O)Cn2cnnc2)c2ccccc2)cc1. The molecule has 3 unspecified atom stereocenters. The summed E-state index contributed by atoms with van der Waals surface area (Å²) in [6, 6.07) is 16.5. The molecule has 2 amide bonds. The molecular weight excluding hydrogens is 421 g/mol. The van der Waals surface area contributed by atoms with Gasteiger partial charge >= 0.3 is 0 Å². The maximum absolute atomic E-state index is 14.3. The van der Waals surface area contributed by atoms with E-state index in [4.69, 9.17) is 0 Å². The Kier molecular flexibility index (Phi) is 6.82. The summed E-state index contributed by atoms with van der Waals surface area (Å²) in [6.07, 6.45) is 1.57. The molecule has 0 saturated carbocycles. The van der Waals surface area contributed by atoms with Crippen LogP contribution in [0.25, 0.3) is 0 Å². The molecule has 8 heteroatoms. The summed E-state index contributed by atoms with van der Waals surface area (Å²) in [5.41, 5.74) is 3.05. The third-order valence-electron chi connectivity index (χ3n) is 6.01. The van der Waals surface area contributed by atoms with Crippen LogP contribution in [-0.4, -0.2) is 50.2 Å². The quantitative estimate of drug-likeness (QED) is 0.601. The molecule has 4 rings (SSSR count). The van der Waals surface area contributed by atoms with Gasteiger partial charge in [-0.1, -0.05) is 68.4 Å². The first-order valence-corrected chi connectivity index (χ1v) is 11.1. The van der Waals surface area contributed by atoms with Crippen molar-refractivity contribution in [2.45, 2.75) is 51.0 Å². The predicted octanol–water partition coefficient (Wildman–Crippen LogP) is 3.25. The molecule has 2 aromatic carbocycles. The Hall–Kier alpha value is -3.55. The number of nitrogens with one attached hydrogen (secondary N) is 1. The zero-order chi connectivity index (χ0) is 23.4. The predicted molar refractivity (Wildman–Crippen MR) is 122 cm³/mol. The Morgan fingerprint density at radius 2 is 1.61 bits per heavy atom. The molecule has 1 saturated heterocycles. The van der Waals surface area contributed by atoms with Crippen LogP contribution in [0.5, 0.6) is 0 Å². The molecule has 3 aromatic rings. The molecule has 0 radical (unpaired) electrons. The molecule has 2 heterocycles. The maximum Gasteiger partial charge on any atom is 0.243 e. The molecule has 1 aliphatic heterocycles. The topological polar surface area (TPSA) is 80.1 Å². The van der Waals surface area contributed by atoms with Crippen molar-refractivity contribution in [2.75, 3.05) is 6.54 Å². The van der Waals surface area contributed by atoms with Crippen molar-refractivity contribution in [1.29, 1.82) is 0 Å². The first-order chi connectivity index (χ1) is 15.9. The minimum absolute atomic E-state index is 0.0203. The van der Waals surface area contributed by atoms with Crippen LogP contribution < -0.4 is 5.32 Å². The van der Waals surface area contributed by atoms with Crippen molar-refractivity contribution in [2.24, 2.45) is 0 Å². The van der Waals surface area contributed by atoms with E-state index in [0.717, 1.165) is 11.1 Å². The average molecular weight is 450 g/mol. The molecular formula is C25H28FN5O2. The van der Waals surface area contributed by atoms with Gasteiger partial charge < -0.3 is 14.8 Å². The summed E-state index contributed by atoms with van der Waals surface area (Å²) >= 11 is 0. The van der Waals surface area contributed by atoms with Crippen molar-refractivity contribution in [1.82, 2.24) is 25.0 Å². The molecule has 0 spiro atoms. The Morgan fingerprint density at radius 1 is 1.00 bits per heavy atom. The summed E-state index contributed by atoms with van der Waals surface area (Å²) in [6.45, 7) is 4.12. The molecule has 33 heavy (non-hydrogen) atoms. The number of benzene rings is 2. The van der Waals surface area contributed by atoms with Crippen LogP contribution in [-0.2, 0) is 16.1 Å². The van der Waals surface area contributed by atoms with E-state index in [1.165, 1.54) is 27.7 Å². The van der Waals surface area contributed by atoms with Crippen molar-refractivity contribution < 1.29 is 14.0 Å². The fourth-order valence-electron chi connectivity index (χ4n) is 4.18. The number of carbonyl (C=O) groups excluding carboxylic acids is 2. The number of alkyl halides is 1. The van der Waals surface area contributed by atoms with Gasteiger partial charge in [0.15, 0.2) is 0 Å². The standard InChI is InChI=1S/C25H28FN5O2/c1-17(2)18-8-10-20(11-9-18)24(19-6-4-3-5-7-19)29-25(33)22-12-21(26)13-31(22)23(32)14-30-15-27-28-16-30/h3-11,15-17,21-22,24H,12-14H2,1-2H3,(H,29,33). The first-order valence-electron chi connectivity index (χ1n) is 11.1. The Balaban J connectivity index is 1.56. The zero-order valence-corrected chi connectivity index (χ0v) is 18.8. The summed E-state index contributed by atoms with van der Waals surface area (Å²) in [7, 11) is 0. The summed E-state index contributed by atoms with van der Waals surface area (Å²) in [5, 5.41) is 10.4. The molecule has 3 atom stereocenters. The lowest BCUT2D eigenvalue weighted by molar-refractivity contribution is -0.139. The fourth-order valence-corrected chi connectivity index (χ4v) is 4.18. The van der Waals surface area contributed by atoms with E-state index < -0.39 is 18.3 Å². The van der Waals surface area contributed by atoms with Gasteiger partial charge in [0.1, 0.15) is 31.4 Å². The van der Waals surface area contributed by atoms with Crippen LogP contribution in [0.1, 0.15) is 48.9 Å². The maximum atomic E-state index is 14.3. The third-order valence-corrected chi connectivity index (χ3v) is 6.01.